The average Bonchev–Trinajstić information content (AvgIpc) is 2.90. The van der Waals surface area contributed by atoms with Crippen molar-refractivity contribution in [1.82, 2.24) is 9.88 Å². The summed E-state index contributed by atoms with van der Waals surface area (Å²) in [6.07, 6.45) is 3.13. The Bertz CT molecular complexity index is 466. The van der Waals surface area contributed by atoms with E-state index in [2.05, 4.69) is 15.2 Å². The van der Waals surface area contributed by atoms with Crippen molar-refractivity contribution in [2.75, 3.05) is 32.6 Å². The van der Waals surface area contributed by atoms with Gasteiger partial charge in [-0.15, -0.1) is 0 Å². The van der Waals surface area contributed by atoms with E-state index in [4.69, 9.17) is 9.15 Å². The maximum atomic E-state index is 5.62. The molecule has 0 saturated heterocycles. The van der Waals surface area contributed by atoms with Crippen LogP contribution < -0.4 is 10.1 Å². The number of likely N-dealkylation sites (N-methyl/N-ethyl adjacent to an activating group) is 1. The lowest BCUT2D eigenvalue weighted by molar-refractivity contribution is 0.261. The van der Waals surface area contributed by atoms with Crippen molar-refractivity contribution in [2.45, 2.75) is 6.54 Å². The molecule has 0 aliphatic heterocycles. The first kappa shape index (κ1) is 13.4. The van der Waals surface area contributed by atoms with Crippen LogP contribution in [0.2, 0.25) is 0 Å². The molecular weight excluding hydrogens is 242 g/mol. The number of anilines is 1. The van der Waals surface area contributed by atoms with E-state index < -0.39 is 0 Å². The zero-order chi connectivity index (χ0) is 13.5. The zero-order valence-electron chi connectivity index (χ0n) is 11.3. The molecule has 5 heteroatoms. The van der Waals surface area contributed by atoms with Gasteiger partial charge in [-0.05, 0) is 38.4 Å². The molecule has 0 radical (unpaired) electrons. The molecule has 5 nitrogen and oxygen atoms in total. The van der Waals surface area contributed by atoms with E-state index in [-0.39, 0.29) is 0 Å². The van der Waals surface area contributed by atoms with Gasteiger partial charge in [0, 0.05) is 12.2 Å². The molecule has 0 spiro atoms. The molecule has 0 atom stereocenters. The van der Waals surface area contributed by atoms with Crippen LogP contribution in [-0.2, 0) is 6.54 Å². The van der Waals surface area contributed by atoms with E-state index in [1.165, 1.54) is 6.39 Å². The van der Waals surface area contributed by atoms with E-state index in [1.807, 2.05) is 38.4 Å². The number of aromatic nitrogens is 1. The standard InChI is InChI=1S/C14H19N3O2/c1-17(2)7-8-18-13-5-3-12(4-6-13)16-10-14-9-15-11-19-14/h3-6,9,11,16H,7-8,10H2,1-2H3. The Kier molecular flexibility index (Phi) is 4.80. The molecule has 102 valence electrons. The molecule has 0 fully saturated rings. The lowest BCUT2D eigenvalue weighted by Gasteiger charge is -2.11. The molecule has 0 aliphatic rings. The summed E-state index contributed by atoms with van der Waals surface area (Å²) in [5.41, 5.74) is 1.02. The summed E-state index contributed by atoms with van der Waals surface area (Å²) in [5, 5.41) is 3.25. The van der Waals surface area contributed by atoms with Gasteiger partial charge in [-0.2, -0.15) is 0 Å². The molecule has 2 rings (SSSR count). The number of nitrogens with one attached hydrogen (secondary N) is 1. The molecular formula is C14H19N3O2. The Hall–Kier alpha value is -2.01. The second-order valence-electron chi connectivity index (χ2n) is 4.50. The summed E-state index contributed by atoms with van der Waals surface area (Å²) < 4.78 is 10.8. The van der Waals surface area contributed by atoms with E-state index in [1.54, 1.807) is 6.20 Å². The van der Waals surface area contributed by atoms with Crippen molar-refractivity contribution in [3.63, 3.8) is 0 Å². The lowest BCUT2D eigenvalue weighted by Crippen LogP contribution is -2.19. The van der Waals surface area contributed by atoms with E-state index in [9.17, 15) is 0 Å². The van der Waals surface area contributed by atoms with Crippen molar-refractivity contribution < 1.29 is 9.15 Å². The number of rotatable bonds is 7. The molecule has 0 amide bonds. The predicted molar refractivity (Wildman–Crippen MR) is 74.3 cm³/mol. The van der Waals surface area contributed by atoms with Gasteiger partial charge in [0.15, 0.2) is 6.39 Å². The Balaban J connectivity index is 1.77. The number of oxazole rings is 1. The molecule has 0 unspecified atom stereocenters. The quantitative estimate of drug-likeness (QED) is 0.828. The van der Waals surface area contributed by atoms with Crippen LogP contribution >= 0.6 is 0 Å². The summed E-state index contributed by atoms with van der Waals surface area (Å²) in [5.74, 6) is 1.69. The van der Waals surface area contributed by atoms with Crippen LogP contribution in [0, 0.1) is 0 Å². The normalized spacial score (nSPS) is 10.7. The second kappa shape index (κ2) is 6.80. The van der Waals surface area contributed by atoms with Crippen LogP contribution in [-0.4, -0.2) is 37.1 Å². The first-order chi connectivity index (χ1) is 9.24. The smallest absolute Gasteiger partial charge is 0.180 e. The minimum atomic E-state index is 0.626. The lowest BCUT2D eigenvalue weighted by atomic mass is 10.3. The molecule has 1 heterocycles. The van der Waals surface area contributed by atoms with Crippen LogP contribution in [0.15, 0.2) is 41.3 Å². The minimum absolute atomic E-state index is 0.626. The van der Waals surface area contributed by atoms with Crippen LogP contribution in [0.5, 0.6) is 5.75 Å². The molecule has 0 saturated carbocycles. The van der Waals surface area contributed by atoms with Crippen LogP contribution in [0.3, 0.4) is 0 Å². The molecule has 19 heavy (non-hydrogen) atoms. The van der Waals surface area contributed by atoms with Crippen LogP contribution in [0.1, 0.15) is 5.76 Å². The van der Waals surface area contributed by atoms with Gasteiger partial charge < -0.3 is 19.4 Å². The highest BCUT2D eigenvalue weighted by atomic mass is 16.5. The van der Waals surface area contributed by atoms with Crippen LogP contribution in [0.25, 0.3) is 0 Å². The number of ether oxygens (including phenoxy) is 1. The SMILES string of the molecule is CN(C)CCOc1ccc(NCc2cnco2)cc1. The highest BCUT2D eigenvalue weighted by molar-refractivity contribution is 5.46. The van der Waals surface area contributed by atoms with Gasteiger partial charge in [0.2, 0.25) is 0 Å². The molecule has 0 aliphatic carbocycles. The highest BCUT2D eigenvalue weighted by Gasteiger charge is 1.98. The highest BCUT2D eigenvalue weighted by Crippen LogP contribution is 2.16. The third kappa shape index (κ3) is 4.63. The Morgan fingerprint density at radius 2 is 2.05 bits per heavy atom. The summed E-state index contributed by atoms with van der Waals surface area (Å²) in [4.78, 5) is 5.96. The fourth-order valence-electron chi connectivity index (χ4n) is 1.53. The summed E-state index contributed by atoms with van der Waals surface area (Å²) in [6.45, 7) is 2.23. The van der Waals surface area contributed by atoms with E-state index >= 15 is 0 Å². The zero-order valence-corrected chi connectivity index (χ0v) is 11.3. The second-order valence-corrected chi connectivity index (χ2v) is 4.50. The molecule has 1 N–H and O–H groups in total. The molecule has 0 bridgehead atoms. The van der Waals surface area contributed by atoms with E-state index in [0.717, 1.165) is 23.7 Å². The largest absolute Gasteiger partial charge is 0.492 e. The third-order valence-corrected chi connectivity index (χ3v) is 2.61. The summed E-state index contributed by atoms with van der Waals surface area (Å²) in [6, 6.07) is 7.89. The fraction of sp³-hybridized carbons (Fsp3) is 0.357. The molecule has 1 aromatic carbocycles. The first-order valence-corrected chi connectivity index (χ1v) is 6.23. The molecule has 2 aromatic rings. The van der Waals surface area contributed by atoms with Crippen molar-refractivity contribution in [1.29, 1.82) is 0 Å². The average molecular weight is 261 g/mol. The maximum absolute atomic E-state index is 5.62. The van der Waals surface area contributed by atoms with E-state index in [0.29, 0.717) is 13.2 Å². The number of hydrogen-bond donors (Lipinski definition) is 1. The van der Waals surface area contributed by atoms with Gasteiger partial charge in [-0.25, -0.2) is 4.98 Å². The summed E-state index contributed by atoms with van der Waals surface area (Å²) >= 11 is 0. The van der Waals surface area contributed by atoms with Crippen molar-refractivity contribution in [2.24, 2.45) is 0 Å². The van der Waals surface area contributed by atoms with Gasteiger partial charge in [-0.1, -0.05) is 0 Å². The number of nitrogens with zero attached hydrogens (tertiary/aromatic N) is 2. The Morgan fingerprint density at radius 1 is 1.26 bits per heavy atom. The number of hydrogen-bond acceptors (Lipinski definition) is 5. The van der Waals surface area contributed by atoms with Crippen molar-refractivity contribution in [3.05, 3.63) is 42.6 Å². The van der Waals surface area contributed by atoms with Gasteiger partial charge in [0.25, 0.3) is 0 Å². The van der Waals surface area contributed by atoms with Crippen molar-refractivity contribution >= 4 is 5.69 Å². The predicted octanol–water partition coefficient (Wildman–Crippen LogP) is 2.23. The summed E-state index contributed by atoms with van der Waals surface area (Å²) in [7, 11) is 4.06. The van der Waals surface area contributed by atoms with Gasteiger partial charge in [-0.3, -0.25) is 0 Å². The third-order valence-electron chi connectivity index (χ3n) is 2.61. The number of benzene rings is 1. The van der Waals surface area contributed by atoms with Crippen molar-refractivity contribution in [3.8, 4) is 5.75 Å². The molecule has 1 aromatic heterocycles. The van der Waals surface area contributed by atoms with Gasteiger partial charge >= 0.3 is 0 Å². The first-order valence-electron chi connectivity index (χ1n) is 6.23. The van der Waals surface area contributed by atoms with Crippen LogP contribution in [0.4, 0.5) is 5.69 Å². The monoisotopic (exact) mass is 261 g/mol. The Labute approximate surface area is 113 Å². The fourth-order valence-corrected chi connectivity index (χ4v) is 1.53. The van der Waals surface area contributed by atoms with Gasteiger partial charge in [0.1, 0.15) is 18.1 Å². The minimum Gasteiger partial charge on any atom is -0.492 e. The van der Waals surface area contributed by atoms with Gasteiger partial charge in [0.05, 0.1) is 12.7 Å². The topological polar surface area (TPSA) is 50.5 Å². The Morgan fingerprint density at radius 3 is 2.68 bits per heavy atom. The maximum Gasteiger partial charge on any atom is 0.180 e.